The third-order valence-electron chi connectivity index (χ3n) is 3.25. The average molecular weight is 249 g/mol. The molecule has 1 N–H and O–H groups in total. The molecule has 1 aromatic rings. The number of likely N-dealkylation sites (tertiary alicyclic amines) is 1. The summed E-state index contributed by atoms with van der Waals surface area (Å²) in [6, 6.07) is 7.97. The van der Waals surface area contributed by atoms with Crippen molar-refractivity contribution < 1.29 is 14.6 Å². The van der Waals surface area contributed by atoms with Gasteiger partial charge in [-0.25, -0.2) is 0 Å². The van der Waals surface area contributed by atoms with Gasteiger partial charge in [0.15, 0.2) is 0 Å². The number of methoxy groups -OCH3 is 1. The minimum Gasteiger partial charge on any atom is -0.497 e. The molecule has 4 heteroatoms. The van der Waals surface area contributed by atoms with Crippen molar-refractivity contribution in [3.8, 4) is 5.75 Å². The highest BCUT2D eigenvalue weighted by Gasteiger charge is 2.26. The minimum atomic E-state index is -0.474. The maximum atomic E-state index is 11.5. The molecule has 1 atom stereocenters. The molecule has 1 saturated heterocycles. The Balaban J connectivity index is 1.76. The zero-order valence-electron chi connectivity index (χ0n) is 10.6. The van der Waals surface area contributed by atoms with Gasteiger partial charge < -0.3 is 14.7 Å². The number of aliphatic hydroxyl groups is 1. The summed E-state index contributed by atoms with van der Waals surface area (Å²) in [5.74, 6) is 0.925. The van der Waals surface area contributed by atoms with Crippen LogP contribution in [-0.4, -0.2) is 42.2 Å². The first-order valence-corrected chi connectivity index (χ1v) is 6.28. The van der Waals surface area contributed by atoms with Crippen LogP contribution < -0.4 is 4.74 Å². The van der Waals surface area contributed by atoms with Crippen molar-refractivity contribution in [2.24, 2.45) is 0 Å². The zero-order valence-corrected chi connectivity index (χ0v) is 10.6. The Kier molecular flexibility index (Phi) is 4.20. The first-order valence-electron chi connectivity index (χ1n) is 6.28. The van der Waals surface area contributed by atoms with Gasteiger partial charge in [0.1, 0.15) is 5.75 Å². The van der Waals surface area contributed by atoms with Crippen molar-refractivity contribution in [2.45, 2.75) is 25.4 Å². The van der Waals surface area contributed by atoms with Gasteiger partial charge in [-0.2, -0.15) is 0 Å². The van der Waals surface area contributed by atoms with Gasteiger partial charge in [-0.05, 0) is 30.5 Å². The Labute approximate surface area is 107 Å². The highest BCUT2D eigenvalue weighted by molar-refractivity contribution is 5.78. The first kappa shape index (κ1) is 12.9. The number of β-amino-alcohol motifs (C(OH)–C–C–N with tert-alkyl or cyclic N) is 1. The van der Waals surface area contributed by atoms with E-state index in [0.717, 1.165) is 25.1 Å². The fraction of sp³-hybridized carbons (Fsp3) is 0.500. The molecule has 1 aliphatic heterocycles. The van der Waals surface area contributed by atoms with Crippen molar-refractivity contribution in [1.82, 2.24) is 4.90 Å². The van der Waals surface area contributed by atoms with E-state index in [1.807, 2.05) is 24.3 Å². The third-order valence-corrected chi connectivity index (χ3v) is 3.25. The van der Waals surface area contributed by atoms with Crippen LogP contribution in [0.3, 0.4) is 0 Å². The number of aliphatic hydroxyl groups excluding tert-OH is 1. The quantitative estimate of drug-likeness (QED) is 0.853. The summed E-state index contributed by atoms with van der Waals surface area (Å²) in [5.41, 5.74) is 1.24. The number of nitrogens with zero attached hydrogens (tertiary/aromatic N) is 1. The predicted molar refractivity (Wildman–Crippen MR) is 68.5 cm³/mol. The summed E-state index contributed by atoms with van der Waals surface area (Å²) in [6.45, 7) is 1.21. The second-order valence-electron chi connectivity index (χ2n) is 4.65. The highest BCUT2D eigenvalue weighted by atomic mass is 16.5. The van der Waals surface area contributed by atoms with E-state index in [0.29, 0.717) is 6.54 Å². The van der Waals surface area contributed by atoms with Crippen LogP contribution in [0.1, 0.15) is 18.4 Å². The lowest BCUT2D eigenvalue weighted by Gasteiger charge is -2.15. The van der Waals surface area contributed by atoms with E-state index in [1.54, 1.807) is 12.0 Å². The Morgan fingerprint density at radius 2 is 2.11 bits per heavy atom. The topological polar surface area (TPSA) is 49.8 Å². The van der Waals surface area contributed by atoms with Gasteiger partial charge in [0, 0.05) is 13.1 Å². The first-order chi connectivity index (χ1) is 8.69. The lowest BCUT2D eigenvalue weighted by Crippen LogP contribution is -2.27. The van der Waals surface area contributed by atoms with Crippen LogP contribution in [0, 0.1) is 0 Å². The average Bonchev–Trinajstić information content (AvgIpc) is 2.69. The van der Waals surface area contributed by atoms with E-state index in [2.05, 4.69) is 0 Å². The molecule has 0 spiro atoms. The third kappa shape index (κ3) is 3.23. The lowest BCUT2D eigenvalue weighted by atomic mass is 10.1. The number of benzene rings is 1. The number of carbonyl (C=O) groups is 1. The van der Waals surface area contributed by atoms with Gasteiger partial charge in [-0.15, -0.1) is 0 Å². The molecular weight excluding hydrogens is 230 g/mol. The molecular formula is C14H19NO3. The van der Waals surface area contributed by atoms with Gasteiger partial charge in [-0.3, -0.25) is 4.79 Å². The Morgan fingerprint density at radius 1 is 1.39 bits per heavy atom. The molecule has 1 aliphatic rings. The number of hydrogen-bond acceptors (Lipinski definition) is 3. The normalized spacial score (nSPS) is 19.3. The van der Waals surface area contributed by atoms with E-state index in [-0.39, 0.29) is 12.3 Å². The van der Waals surface area contributed by atoms with Gasteiger partial charge in [0.2, 0.25) is 5.91 Å². The number of hydrogen-bond donors (Lipinski definition) is 1. The second-order valence-corrected chi connectivity index (χ2v) is 4.65. The molecule has 0 saturated carbocycles. The van der Waals surface area contributed by atoms with Crippen LogP contribution in [0.25, 0.3) is 0 Å². The van der Waals surface area contributed by atoms with Crippen LogP contribution in [0.2, 0.25) is 0 Å². The van der Waals surface area contributed by atoms with Crippen LogP contribution in [0.15, 0.2) is 24.3 Å². The number of carbonyl (C=O) groups excluding carboxylic acids is 1. The van der Waals surface area contributed by atoms with Gasteiger partial charge >= 0.3 is 0 Å². The summed E-state index contributed by atoms with van der Waals surface area (Å²) in [5, 5.41) is 9.37. The van der Waals surface area contributed by atoms with E-state index in [4.69, 9.17) is 4.74 Å². The summed E-state index contributed by atoms with van der Waals surface area (Å²) < 4.78 is 5.10. The van der Waals surface area contributed by atoms with Crippen molar-refractivity contribution in [2.75, 3.05) is 20.2 Å². The smallest absolute Gasteiger partial charge is 0.225 e. The molecule has 1 unspecified atom stereocenters. The molecule has 0 aliphatic carbocycles. The van der Waals surface area contributed by atoms with Gasteiger partial charge in [-0.1, -0.05) is 12.1 Å². The number of amides is 1. The molecule has 0 radical (unpaired) electrons. The maximum absolute atomic E-state index is 11.5. The molecule has 1 aromatic carbocycles. The predicted octanol–water partition coefficient (Wildman–Crippen LogP) is 1.22. The van der Waals surface area contributed by atoms with Crippen LogP contribution >= 0.6 is 0 Å². The van der Waals surface area contributed by atoms with Crippen LogP contribution in [0.4, 0.5) is 0 Å². The minimum absolute atomic E-state index is 0.0669. The van der Waals surface area contributed by atoms with Crippen LogP contribution in [-0.2, 0) is 11.2 Å². The largest absolute Gasteiger partial charge is 0.497 e. The molecule has 18 heavy (non-hydrogen) atoms. The molecule has 1 heterocycles. The fourth-order valence-corrected chi connectivity index (χ4v) is 2.23. The number of ether oxygens (including phenoxy) is 1. The summed E-state index contributed by atoms with van der Waals surface area (Å²) in [6.07, 6.45) is 1.66. The number of aryl methyl sites for hydroxylation is 1. The molecule has 4 nitrogen and oxygen atoms in total. The van der Waals surface area contributed by atoms with Crippen molar-refractivity contribution in [3.05, 3.63) is 29.8 Å². The van der Waals surface area contributed by atoms with Gasteiger partial charge in [0.25, 0.3) is 0 Å². The fourth-order valence-electron chi connectivity index (χ4n) is 2.23. The maximum Gasteiger partial charge on any atom is 0.225 e. The summed E-state index contributed by atoms with van der Waals surface area (Å²) in [4.78, 5) is 13.2. The van der Waals surface area contributed by atoms with Crippen molar-refractivity contribution in [3.63, 3.8) is 0 Å². The molecule has 0 aromatic heterocycles. The summed E-state index contributed by atoms with van der Waals surface area (Å²) >= 11 is 0. The molecule has 2 rings (SSSR count). The lowest BCUT2D eigenvalue weighted by molar-refractivity contribution is -0.127. The zero-order chi connectivity index (χ0) is 13.0. The SMILES string of the molecule is COc1ccc(CCCN2CC(O)CC2=O)cc1. The molecule has 1 fully saturated rings. The van der Waals surface area contributed by atoms with Crippen LogP contribution in [0.5, 0.6) is 5.75 Å². The van der Waals surface area contributed by atoms with E-state index < -0.39 is 6.10 Å². The summed E-state index contributed by atoms with van der Waals surface area (Å²) in [7, 11) is 1.65. The molecule has 0 bridgehead atoms. The Bertz CT molecular complexity index is 402. The standard InChI is InChI=1S/C14H19NO3/c1-18-13-6-4-11(5-7-13)3-2-8-15-10-12(16)9-14(15)17/h4-7,12,16H,2-3,8-10H2,1H3. The van der Waals surface area contributed by atoms with Crippen molar-refractivity contribution in [1.29, 1.82) is 0 Å². The molecule has 98 valence electrons. The van der Waals surface area contributed by atoms with E-state index in [9.17, 15) is 9.90 Å². The Morgan fingerprint density at radius 3 is 2.67 bits per heavy atom. The highest BCUT2D eigenvalue weighted by Crippen LogP contribution is 2.14. The van der Waals surface area contributed by atoms with E-state index in [1.165, 1.54) is 5.56 Å². The van der Waals surface area contributed by atoms with Gasteiger partial charge in [0.05, 0.1) is 19.6 Å². The number of rotatable bonds is 5. The van der Waals surface area contributed by atoms with E-state index >= 15 is 0 Å². The van der Waals surface area contributed by atoms with Crippen molar-refractivity contribution >= 4 is 5.91 Å². The molecule has 1 amide bonds. The Hall–Kier alpha value is -1.55. The second kappa shape index (κ2) is 5.87. The monoisotopic (exact) mass is 249 g/mol.